The van der Waals surface area contributed by atoms with Crippen molar-refractivity contribution in [1.29, 1.82) is 0 Å². The molecule has 0 aliphatic heterocycles. The Bertz CT molecular complexity index is 593. The number of amides is 2. The van der Waals surface area contributed by atoms with Gasteiger partial charge in [0.05, 0.1) is 0 Å². The third-order valence-corrected chi connectivity index (χ3v) is 6.40. The Kier molecular flexibility index (Phi) is 3.26. The third-order valence-electron chi connectivity index (χ3n) is 6.40. The lowest BCUT2D eigenvalue weighted by molar-refractivity contribution is -0.142. The highest BCUT2D eigenvalue weighted by Gasteiger charge is 2.59. The summed E-state index contributed by atoms with van der Waals surface area (Å²) >= 11 is 0. The molecule has 5 rings (SSSR count). The van der Waals surface area contributed by atoms with E-state index in [0.717, 1.165) is 18.2 Å². The van der Waals surface area contributed by atoms with Crippen LogP contribution in [0.5, 0.6) is 0 Å². The van der Waals surface area contributed by atoms with Gasteiger partial charge in [0.1, 0.15) is 0 Å². The summed E-state index contributed by atoms with van der Waals surface area (Å²) in [5.41, 5.74) is 2.20. The molecule has 4 aliphatic carbocycles. The molecule has 0 heterocycles. The van der Waals surface area contributed by atoms with Crippen molar-refractivity contribution >= 4 is 11.7 Å². The van der Waals surface area contributed by atoms with E-state index >= 15 is 0 Å². The van der Waals surface area contributed by atoms with Gasteiger partial charge in [-0.05, 0) is 72.8 Å². The molecule has 0 aromatic heterocycles. The highest BCUT2D eigenvalue weighted by Crippen LogP contribution is 2.69. The van der Waals surface area contributed by atoms with Crippen LogP contribution in [0, 0.1) is 22.2 Å². The predicted octanol–water partition coefficient (Wildman–Crippen LogP) is 4.80. The van der Waals surface area contributed by atoms with Gasteiger partial charge in [-0.25, -0.2) is 4.79 Å². The second kappa shape index (κ2) is 4.99. The van der Waals surface area contributed by atoms with Crippen LogP contribution >= 0.6 is 0 Å². The van der Waals surface area contributed by atoms with E-state index in [1.807, 2.05) is 30.3 Å². The second-order valence-corrected chi connectivity index (χ2v) is 9.30. The number of carbonyl (C=O) groups is 1. The van der Waals surface area contributed by atoms with Crippen molar-refractivity contribution in [3.05, 3.63) is 30.3 Å². The Hall–Kier alpha value is -1.51. The van der Waals surface area contributed by atoms with Crippen LogP contribution in [-0.4, -0.2) is 12.6 Å². The van der Waals surface area contributed by atoms with Crippen molar-refractivity contribution in [2.24, 2.45) is 22.2 Å². The summed E-state index contributed by atoms with van der Waals surface area (Å²) in [5.74, 6) is 0.875. The van der Waals surface area contributed by atoms with E-state index in [0.29, 0.717) is 16.2 Å². The summed E-state index contributed by atoms with van der Waals surface area (Å²) in [7, 11) is 0. The highest BCUT2D eigenvalue weighted by molar-refractivity contribution is 5.89. The number of carbonyl (C=O) groups excluding carboxylic acids is 1. The largest absolute Gasteiger partial charge is 0.337 e. The molecule has 0 radical (unpaired) electrons. The fourth-order valence-electron chi connectivity index (χ4n) is 6.85. The van der Waals surface area contributed by atoms with Gasteiger partial charge < -0.3 is 10.6 Å². The Morgan fingerprint density at radius 1 is 1.04 bits per heavy atom. The topological polar surface area (TPSA) is 41.1 Å². The number of urea groups is 1. The van der Waals surface area contributed by atoms with Crippen molar-refractivity contribution in [2.75, 3.05) is 11.9 Å². The number of para-hydroxylation sites is 1. The number of nitrogens with one attached hydrogen (secondary N) is 2. The second-order valence-electron chi connectivity index (χ2n) is 9.30. The average molecular weight is 312 g/mol. The normalized spacial score (nSPS) is 40.9. The van der Waals surface area contributed by atoms with Crippen molar-refractivity contribution in [2.45, 2.75) is 52.4 Å². The Morgan fingerprint density at radius 3 is 2.30 bits per heavy atom. The predicted molar refractivity (Wildman–Crippen MR) is 93.3 cm³/mol. The minimum atomic E-state index is -0.0674. The zero-order valence-electron chi connectivity index (χ0n) is 14.3. The molecule has 124 valence electrons. The first-order valence-electron chi connectivity index (χ1n) is 8.98. The maximum absolute atomic E-state index is 12.2. The molecule has 2 unspecified atom stereocenters. The molecule has 4 bridgehead atoms. The van der Waals surface area contributed by atoms with Crippen molar-refractivity contribution in [3.8, 4) is 0 Å². The van der Waals surface area contributed by atoms with Gasteiger partial charge in [-0.15, -0.1) is 0 Å². The van der Waals surface area contributed by atoms with Crippen LogP contribution in [0.25, 0.3) is 0 Å². The first-order chi connectivity index (χ1) is 10.9. The third kappa shape index (κ3) is 2.86. The standard InChI is InChI=1S/C20H28N2O/c1-18-8-15-9-19(2,11-18)13-20(10-15,12-18)14-21-17(23)22-16-6-4-3-5-7-16/h3-7,15H,8-14H2,1-2H3,(H2,21,22,23). The average Bonchev–Trinajstić information content (AvgIpc) is 2.42. The maximum atomic E-state index is 12.2. The zero-order valence-corrected chi connectivity index (χ0v) is 14.3. The zero-order chi connectivity index (χ0) is 16.1. The first-order valence-corrected chi connectivity index (χ1v) is 8.98. The molecule has 4 fully saturated rings. The van der Waals surface area contributed by atoms with E-state index in [1.54, 1.807) is 0 Å². The SMILES string of the molecule is CC12CC3CC(C)(C1)CC(CNC(=O)Nc1ccccc1)(C3)C2. The smallest absolute Gasteiger partial charge is 0.319 e. The summed E-state index contributed by atoms with van der Waals surface area (Å²) in [6.45, 7) is 5.79. The molecule has 2 N–H and O–H groups in total. The van der Waals surface area contributed by atoms with Crippen molar-refractivity contribution in [3.63, 3.8) is 0 Å². The minimum absolute atomic E-state index is 0.0674. The monoisotopic (exact) mass is 312 g/mol. The number of hydrogen-bond donors (Lipinski definition) is 2. The molecule has 4 saturated carbocycles. The van der Waals surface area contributed by atoms with Gasteiger partial charge in [-0.2, -0.15) is 0 Å². The van der Waals surface area contributed by atoms with E-state index < -0.39 is 0 Å². The van der Waals surface area contributed by atoms with E-state index in [2.05, 4.69) is 24.5 Å². The lowest BCUT2D eigenvalue weighted by atomic mass is 9.40. The summed E-state index contributed by atoms with van der Waals surface area (Å²) in [4.78, 5) is 12.2. The van der Waals surface area contributed by atoms with Crippen LogP contribution in [0.3, 0.4) is 0 Å². The first kappa shape index (κ1) is 15.0. The van der Waals surface area contributed by atoms with Gasteiger partial charge in [0.25, 0.3) is 0 Å². The quantitative estimate of drug-likeness (QED) is 0.826. The minimum Gasteiger partial charge on any atom is -0.337 e. The fraction of sp³-hybridized carbons (Fsp3) is 0.650. The maximum Gasteiger partial charge on any atom is 0.319 e. The van der Waals surface area contributed by atoms with E-state index in [9.17, 15) is 4.79 Å². The molecule has 3 nitrogen and oxygen atoms in total. The summed E-state index contributed by atoms with van der Waals surface area (Å²) < 4.78 is 0. The number of rotatable bonds is 3. The van der Waals surface area contributed by atoms with Gasteiger partial charge in [0.2, 0.25) is 0 Å². The fourth-order valence-corrected chi connectivity index (χ4v) is 6.85. The molecule has 0 spiro atoms. The molecule has 1 aromatic carbocycles. The molecular formula is C20H28N2O. The van der Waals surface area contributed by atoms with Crippen LogP contribution in [-0.2, 0) is 0 Å². The number of benzene rings is 1. The van der Waals surface area contributed by atoms with Gasteiger partial charge >= 0.3 is 6.03 Å². The molecule has 23 heavy (non-hydrogen) atoms. The van der Waals surface area contributed by atoms with Crippen LogP contribution in [0.1, 0.15) is 52.4 Å². The molecule has 3 heteroatoms. The Morgan fingerprint density at radius 2 is 1.70 bits per heavy atom. The molecule has 4 aliphatic rings. The van der Waals surface area contributed by atoms with Crippen LogP contribution in [0.2, 0.25) is 0 Å². The lowest BCUT2D eigenvalue weighted by Gasteiger charge is -2.65. The summed E-state index contributed by atoms with van der Waals surface area (Å²) in [6.07, 6.45) is 8.08. The van der Waals surface area contributed by atoms with Gasteiger partial charge in [0.15, 0.2) is 0 Å². The molecule has 1 aromatic rings. The van der Waals surface area contributed by atoms with Crippen LogP contribution in [0.4, 0.5) is 10.5 Å². The van der Waals surface area contributed by atoms with E-state index in [4.69, 9.17) is 0 Å². The van der Waals surface area contributed by atoms with Crippen molar-refractivity contribution < 1.29 is 4.79 Å². The van der Waals surface area contributed by atoms with Gasteiger partial charge in [0, 0.05) is 12.2 Å². The van der Waals surface area contributed by atoms with Gasteiger partial charge in [-0.1, -0.05) is 32.0 Å². The van der Waals surface area contributed by atoms with Crippen LogP contribution in [0.15, 0.2) is 30.3 Å². The lowest BCUT2D eigenvalue weighted by Crippen LogP contribution is -2.58. The molecule has 2 amide bonds. The molecule has 2 atom stereocenters. The number of anilines is 1. The van der Waals surface area contributed by atoms with Crippen LogP contribution < -0.4 is 10.6 Å². The summed E-state index contributed by atoms with van der Waals surface area (Å²) in [6, 6.07) is 9.62. The van der Waals surface area contributed by atoms with Gasteiger partial charge in [-0.3, -0.25) is 0 Å². The number of hydrogen-bond acceptors (Lipinski definition) is 1. The van der Waals surface area contributed by atoms with E-state index in [-0.39, 0.29) is 6.03 Å². The molecule has 0 saturated heterocycles. The van der Waals surface area contributed by atoms with E-state index in [1.165, 1.54) is 38.5 Å². The van der Waals surface area contributed by atoms with Crippen molar-refractivity contribution in [1.82, 2.24) is 5.32 Å². The Balaban J connectivity index is 1.42. The summed E-state index contributed by atoms with van der Waals surface area (Å²) in [5, 5.41) is 6.12. The highest BCUT2D eigenvalue weighted by atomic mass is 16.2. The molecular weight excluding hydrogens is 284 g/mol. The Labute approximate surface area is 139 Å².